The molecule has 0 atom stereocenters. The molecule has 66 valence electrons. The third kappa shape index (κ3) is 2.43. The van der Waals surface area contributed by atoms with Gasteiger partial charge in [0, 0.05) is 0 Å². The molecule has 0 N–H and O–H groups in total. The van der Waals surface area contributed by atoms with Gasteiger partial charge in [-0.3, -0.25) is 0 Å². The van der Waals surface area contributed by atoms with Crippen molar-refractivity contribution in [2.45, 2.75) is 12.8 Å². The first-order valence-corrected chi connectivity index (χ1v) is 5.41. The molecule has 2 aliphatic carbocycles. The van der Waals surface area contributed by atoms with Crippen LogP contribution >= 0.6 is 0 Å². The summed E-state index contributed by atoms with van der Waals surface area (Å²) in [4.78, 5) is 0. The van der Waals surface area contributed by atoms with Crippen LogP contribution in [0.15, 0.2) is 44.8 Å². The quantitative estimate of drug-likeness (QED) is 0.607. The summed E-state index contributed by atoms with van der Waals surface area (Å²) >= 11 is 0.566. The molecule has 0 heterocycles. The van der Waals surface area contributed by atoms with Gasteiger partial charge in [-0.15, -0.1) is 0 Å². The third-order valence-electron chi connectivity index (χ3n) is 1.63. The summed E-state index contributed by atoms with van der Waals surface area (Å²) in [6.45, 7) is 0. The molecule has 2 aliphatic rings. The molecule has 0 spiro atoms. The minimum atomic E-state index is 0. The van der Waals surface area contributed by atoms with Crippen molar-refractivity contribution in [1.29, 1.82) is 0 Å². The van der Waals surface area contributed by atoms with Gasteiger partial charge in [-0.25, -0.2) is 0 Å². The molecule has 2 heteroatoms. The second-order valence-corrected chi connectivity index (χ2v) is 5.03. The topological polar surface area (TPSA) is 0 Å². The molecule has 0 saturated heterocycles. The predicted octanol–water partition coefficient (Wildman–Crippen LogP) is -0.240. The number of hydrogen-bond donors (Lipinski definition) is 0. The Kier molecular flexibility index (Phi) is 3.98. The first-order chi connectivity index (χ1) is 5.45. The van der Waals surface area contributed by atoms with Gasteiger partial charge in [0.1, 0.15) is 0 Å². The van der Waals surface area contributed by atoms with Crippen LogP contribution in [-0.2, 0) is 17.1 Å². The Morgan fingerprint density at radius 1 is 0.917 bits per heavy atom. The van der Waals surface area contributed by atoms with E-state index >= 15 is 0 Å². The summed E-state index contributed by atoms with van der Waals surface area (Å²) in [6.07, 6.45) is 15.7. The number of allylic oxidation sites excluding steroid dienone is 8. The standard InChI is InChI=1S/2C5H5.ClH.Rh/c2*1-2-4-5-3-1;;/h2*1-3H,4H2;1H;/q;;;+1/p-1. The molecule has 0 saturated carbocycles. The van der Waals surface area contributed by atoms with Gasteiger partial charge in [-0.2, -0.15) is 0 Å². The van der Waals surface area contributed by atoms with E-state index in [0.717, 1.165) is 0 Å². The van der Waals surface area contributed by atoms with E-state index in [1.54, 1.807) is 8.33 Å². The number of hydrogen-bond acceptors (Lipinski definition) is 0. The van der Waals surface area contributed by atoms with E-state index in [9.17, 15) is 0 Å². The minimum absolute atomic E-state index is 0. The Hall–Kier alpha value is -0.127. The first-order valence-electron chi connectivity index (χ1n) is 3.77. The van der Waals surface area contributed by atoms with Crippen LogP contribution in [0.4, 0.5) is 0 Å². The first kappa shape index (κ1) is 9.96. The molecule has 0 nitrogen and oxygen atoms in total. The van der Waals surface area contributed by atoms with E-state index in [0.29, 0.717) is 17.1 Å². The van der Waals surface area contributed by atoms with E-state index in [2.05, 4.69) is 36.5 Å². The number of rotatable bonds is 2. The maximum Gasteiger partial charge on any atom is -1.00 e. The van der Waals surface area contributed by atoms with Crippen LogP contribution < -0.4 is 12.4 Å². The van der Waals surface area contributed by atoms with Crippen molar-refractivity contribution in [3.05, 3.63) is 44.8 Å². The van der Waals surface area contributed by atoms with Gasteiger partial charge < -0.3 is 12.4 Å². The van der Waals surface area contributed by atoms with Crippen molar-refractivity contribution in [2.24, 2.45) is 0 Å². The fourth-order valence-corrected chi connectivity index (χ4v) is 3.07. The zero-order chi connectivity index (χ0) is 7.52. The Labute approximate surface area is 87.1 Å². The van der Waals surface area contributed by atoms with Crippen LogP contribution in [0, 0.1) is 0 Å². The van der Waals surface area contributed by atoms with Crippen molar-refractivity contribution in [3.63, 3.8) is 0 Å². The molecule has 2 rings (SSSR count). The van der Waals surface area contributed by atoms with Gasteiger partial charge in [0.2, 0.25) is 0 Å². The van der Waals surface area contributed by atoms with E-state index in [-0.39, 0.29) is 12.4 Å². The Bertz CT molecular complexity index is 244. The van der Waals surface area contributed by atoms with Crippen molar-refractivity contribution in [1.82, 2.24) is 0 Å². The van der Waals surface area contributed by atoms with E-state index in [1.165, 1.54) is 12.8 Å². The van der Waals surface area contributed by atoms with Crippen molar-refractivity contribution in [2.75, 3.05) is 0 Å². The molecule has 0 unspecified atom stereocenters. The summed E-state index contributed by atoms with van der Waals surface area (Å²) in [5.74, 6) is 0. The predicted molar refractivity (Wildman–Crippen MR) is 43.7 cm³/mol. The Morgan fingerprint density at radius 3 is 1.75 bits per heavy atom. The van der Waals surface area contributed by atoms with Crippen LogP contribution in [0.25, 0.3) is 0 Å². The molecule has 12 heavy (non-hydrogen) atoms. The smallest absolute Gasteiger partial charge is 1.00 e. The van der Waals surface area contributed by atoms with Gasteiger partial charge in [0.05, 0.1) is 0 Å². The third-order valence-corrected chi connectivity index (χ3v) is 3.90. The van der Waals surface area contributed by atoms with Gasteiger partial charge in [0.25, 0.3) is 0 Å². The summed E-state index contributed by atoms with van der Waals surface area (Å²) < 4.78 is 3.25. The molecule has 0 aromatic heterocycles. The van der Waals surface area contributed by atoms with Crippen LogP contribution in [0.2, 0.25) is 0 Å². The molecular formula is C10H10ClRh. The maximum absolute atomic E-state index is 2.27. The largest absolute Gasteiger partial charge is 1.00 e. The van der Waals surface area contributed by atoms with Crippen LogP contribution in [0.3, 0.4) is 0 Å². The average molecular weight is 269 g/mol. The summed E-state index contributed by atoms with van der Waals surface area (Å²) in [5.41, 5.74) is 0. The number of halogens is 1. The Balaban J connectivity index is 0.000000720. The monoisotopic (exact) mass is 268 g/mol. The van der Waals surface area contributed by atoms with Crippen LogP contribution in [-0.4, -0.2) is 0 Å². The fourth-order valence-electron chi connectivity index (χ4n) is 1.08. The second-order valence-electron chi connectivity index (χ2n) is 2.52. The van der Waals surface area contributed by atoms with Gasteiger partial charge in [0.15, 0.2) is 0 Å². The summed E-state index contributed by atoms with van der Waals surface area (Å²) in [6, 6.07) is 0. The molecule has 0 aromatic carbocycles. The normalized spacial score (nSPS) is 19.3. The van der Waals surface area contributed by atoms with E-state index in [4.69, 9.17) is 0 Å². The molecule has 0 amide bonds. The van der Waals surface area contributed by atoms with Crippen molar-refractivity contribution in [3.8, 4) is 0 Å². The van der Waals surface area contributed by atoms with E-state index < -0.39 is 0 Å². The molecular weight excluding hydrogens is 258 g/mol. The van der Waals surface area contributed by atoms with E-state index in [1.807, 2.05) is 0 Å². The zero-order valence-corrected chi connectivity index (χ0v) is 8.98. The second kappa shape index (κ2) is 4.79. The SMILES string of the molecule is C1=CC[C]([Rh+][C]2=CC=CC2)=C1.[Cl-]. The molecule has 0 fully saturated rings. The molecule has 0 aliphatic heterocycles. The van der Waals surface area contributed by atoms with Gasteiger partial charge in [-0.1, -0.05) is 0 Å². The summed E-state index contributed by atoms with van der Waals surface area (Å²) in [7, 11) is 0. The van der Waals surface area contributed by atoms with Crippen LogP contribution in [0.5, 0.6) is 0 Å². The summed E-state index contributed by atoms with van der Waals surface area (Å²) in [5, 5.41) is 0. The maximum atomic E-state index is 2.27. The average Bonchev–Trinajstić information content (AvgIpc) is 2.60. The Morgan fingerprint density at radius 2 is 1.42 bits per heavy atom. The molecule has 0 aromatic rings. The van der Waals surface area contributed by atoms with Crippen LogP contribution in [0.1, 0.15) is 12.8 Å². The molecule has 0 bridgehead atoms. The van der Waals surface area contributed by atoms with Gasteiger partial charge >= 0.3 is 74.8 Å². The van der Waals surface area contributed by atoms with Crippen molar-refractivity contribution < 1.29 is 29.5 Å². The zero-order valence-electron chi connectivity index (χ0n) is 6.59. The minimum Gasteiger partial charge on any atom is -1.00 e. The van der Waals surface area contributed by atoms with Crippen molar-refractivity contribution >= 4 is 0 Å². The fraction of sp³-hybridized carbons (Fsp3) is 0.200. The van der Waals surface area contributed by atoms with Gasteiger partial charge in [-0.05, 0) is 0 Å². The molecule has 0 radical (unpaired) electrons.